The molecule has 34 heavy (non-hydrogen) atoms. The van der Waals surface area contributed by atoms with Crippen LogP contribution in [0.25, 0.3) is 0 Å². The Hall–Kier alpha value is -3.56. The fourth-order valence-electron chi connectivity index (χ4n) is 3.53. The van der Waals surface area contributed by atoms with E-state index in [0.717, 1.165) is 16.9 Å². The van der Waals surface area contributed by atoms with Crippen molar-refractivity contribution in [1.29, 1.82) is 0 Å². The van der Waals surface area contributed by atoms with Gasteiger partial charge in [0.15, 0.2) is 11.5 Å². The summed E-state index contributed by atoms with van der Waals surface area (Å²) in [5, 5.41) is 10.1. The number of amides is 1. The molecule has 1 aliphatic heterocycles. The first-order chi connectivity index (χ1) is 16.5. The van der Waals surface area contributed by atoms with Crippen LogP contribution in [-0.4, -0.2) is 54.6 Å². The van der Waals surface area contributed by atoms with Gasteiger partial charge < -0.3 is 30.3 Å². The highest BCUT2D eigenvalue weighted by molar-refractivity contribution is 6.31. The van der Waals surface area contributed by atoms with E-state index in [1.807, 2.05) is 49.5 Å². The Morgan fingerprint density at radius 1 is 1.06 bits per heavy atom. The minimum atomic E-state index is -0.0376. The van der Waals surface area contributed by atoms with Crippen LogP contribution in [0.2, 0.25) is 5.02 Å². The SMILES string of the molecule is COc1ccc2cc1OCCNC(=O)CCN(C)Cc1cc(ccc1Cl)Nc1cc(ncn1)N2. The molecule has 9 nitrogen and oxygen atoms in total. The van der Waals surface area contributed by atoms with Gasteiger partial charge in [0.25, 0.3) is 0 Å². The minimum Gasteiger partial charge on any atom is -0.493 e. The molecule has 178 valence electrons. The second kappa shape index (κ2) is 11.0. The number of nitrogens with one attached hydrogen (secondary N) is 3. The van der Waals surface area contributed by atoms with Gasteiger partial charge in [0, 0.05) is 48.0 Å². The lowest BCUT2D eigenvalue weighted by molar-refractivity contribution is -0.121. The molecule has 3 N–H and O–H groups in total. The van der Waals surface area contributed by atoms with Gasteiger partial charge in [-0.05, 0) is 42.9 Å². The van der Waals surface area contributed by atoms with Gasteiger partial charge in [-0.2, -0.15) is 0 Å². The number of ether oxygens (including phenoxy) is 2. The molecule has 1 aromatic heterocycles. The lowest BCUT2D eigenvalue weighted by Crippen LogP contribution is -2.31. The van der Waals surface area contributed by atoms with E-state index in [1.54, 1.807) is 7.11 Å². The molecule has 2 aromatic carbocycles. The molecule has 0 saturated heterocycles. The number of nitrogens with zero attached hydrogens (tertiary/aromatic N) is 3. The first-order valence-corrected chi connectivity index (χ1v) is 11.3. The molecule has 0 radical (unpaired) electrons. The number of methoxy groups -OCH3 is 1. The van der Waals surface area contributed by atoms with Gasteiger partial charge in [-0.3, -0.25) is 4.79 Å². The fraction of sp³-hybridized carbons (Fsp3) is 0.292. The minimum absolute atomic E-state index is 0.0376. The molecule has 4 rings (SSSR count). The van der Waals surface area contributed by atoms with Crippen molar-refractivity contribution in [3.63, 3.8) is 0 Å². The van der Waals surface area contributed by atoms with Crippen LogP contribution >= 0.6 is 11.6 Å². The standard InChI is InChI=1S/C24H27ClN6O3/c1-31-9-7-24(32)26-8-10-34-21-12-18(4-6-20(21)33-2)30-23-13-22(27-15-28-23)29-17-3-5-19(25)16(11-17)14-31/h3-6,11-13,15H,7-10,14H2,1-2H3,(H,26,32)(H2,27,28,29,30). The summed E-state index contributed by atoms with van der Waals surface area (Å²) in [5.74, 6) is 2.38. The molecule has 0 unspecified atom stereocenters. The van der Waals surface area contributed by atoms with Gasteiger partial charge in [-0.25, -0.2) is 9.97 Å². The molecule has 0 fully saturated rings. The number of hydrogen-bond acceptors (Lipinski definition) is 8. The number of rotatable bonds is 1. The zero-order valence-corrected chi connectivity index (χ0v) is 19.9. The number of fused-ring (bicyclic) bond motifs is 6. The van der Waals surface area contributed by atoms with Gasteiger partial charge in [0.1, 0.15) is 24.6 Å². The summed E-state index contributed by atoms with van der Waals surface area (Å²) >= 11 is 6.42. The molecule has 1 aliphatic rings. The summed E-state index contributed by atoms with van der Waals surface area (Å²) in [5.41, 5.74) is 2.58. The summed E-state index contributed by atoms with van der Waals surface area (Å²) in [6, 6.07) is 13.1. The number of carbonyl (C=O) groups excluding carboxylic acids is 1. The zero-order valence-electron chi connectivity index (χ0n) is 19.1. The van der Waals surface area contributed by atoms with Crippen molar-refractivity contribution >= 4 is 40.5 Å². The average Bonchev–Trinajstić information content (AvgIpc) is 2.82. The van der Waals surface area contributed by atoms with Gasteiger partial charge >= 0.3 is 0 Å². The number of benzene rings is 2. The normalized spacial score (nSPS) is 15.2. The summed E-state index contributed by atoms with van der Waals surface area (Å²) in [6.07, 6.45) is 1.86. The van der Waals surface area contributed by atoms with E-state index in [4.69, 9.17) is 21.1 Å². The fourth-order valence-corrected chi connectivity index (χ4v) is 3.71. The van der Waals surface area contributed by atoms with Crippen molar-refractivity contribution in [2.45, 2.75) is 13.0 Å². The van der Waals surface area contributed by atoms with E-state index in [2.05, 4.69) is 30.8 Å². The molecule has 2 heterocycles. The lowest BCUT2D eigenvalue weighted by Gasteiger charge is -2.18. The maximum Gasteiger partial charge on any atom is 0.221 e. The first kappa shape index (κ1) is 23.6. The highest BCUT2D eigenvalue weighted by Gasteiger charge is 2.11. The Labute approximate surface area is 203 Å². The topological polar surface area (TPSA) is 101 Å². The summed E-state index contributed by atoms with van der Waals surface area (Å²) in [4.78, 5) is 23.0. The predicted octanol–water partition coefficient (Wildman–Crippen LogP) is 3.96. The second-order valence-electron chi connectivity index (χ2n) is 7.90. The summed E-state index contributed by atoms with van der Waals surface area (Å²) in [7, 11) is 3.54. The molecular weight excluding hydrogens is 456 g/mol. The van der Waals surface area contributed by atoms with Crippen molar-refractivity contribution in [3.05, 3.63) is 59.4 Å². The van der Waals surface area contributed by atoms with Crippen molar-refractivity contribution < 1.29 is 14.3 Å². The van der Waals surface area contributed by atoms with Crippen molar-refractivity contribution in [2.24, 2.45) is 0 Å². The lowest BCUT2D eigenvalue weighted by atomic mass is 10.2. The average molecular weight is 483 g/mol. The van der Waals surface area contributed by atoms with Gasteiger partial charge in [-0.1, -0.05) is 11.6 Å². The first-order valence-electron chi connectivity index (χ1n) is 10.9. The Bertz CT molecular complexity index is 1160. The third kappa shape index (κ3) is 6.27. The van der Waals surface area contributed by atoms with E-state index in [0.29, 0.717) is 60.8 Å². The van der Waals surface area contributed by atoms with E-state index < -0.39 is 0 Å². The quantitative estimate of drug-likeness (QED) is 0.479. The molecule has 0 atom stereocenters. The highest BCUT2D eigenvalue weighted by Crippen LogP contribution is 2.31. The largest absolute Gasteiger partial charge is 0.493 e. The zero-order chi connectivity index (χ0) is 23.9. The van der Waals surface area contributed by atoms with Crippen molar-refractivity contribution in [2.75, 3.05) is 44.5 Å². The number of hydrogen-bond donors (Lipinski definition) is 3. The van der Waals surface area contributed by atoms with Crippen LogP contribution in [0.3, 0.4) is 0 Å². The summed E-state index contributed by atoms with van der Waals surface area (Å²) < 4.78 is 11.3. The highest BCUT2D eigenvalue weighted by atomic mass is 35.5. The molecule has 0 aliphatic carbocycles. The molecule has 0 saturated carbocycles. The monoisotopic (exact) mass is 482 g/mol. The third-order valence-corrected chi connectivity index (χ3v) is 5.63. The van der Waals surface area contributed by atoms with Crippen LogP contribution in [0.1, 0.15) is 12.0 Å². The maximum absolute atomic E-state index is 12.3. The number of anilines is 4. The molecule has 10 heteroatoms. The Balaban J connectivity index is 1.62. The van der Waals surface area contributed by atoms with Gasteiger partial charge in [0.05, 0.1) is 13.7 Å². The van der Waals surface area contributed by atoms with E-state index >= 15 is 0 Å². The van der Waals surface area contributed by atoms with Crippen molar-refractivity contribution in [1.82, 2.24) is 20.2 Å². The predicted molar refractivity (Wildman–Crippen MR) is 132 cm³/mol. The smallest absolute Gasteiger partial charge is 0.221 e. The van der Waals surface area contributed by atoms with Crippen LogP contribution < -0.4 is 25.4 Å². The van der Waals surface area contributed by atoms with Crippen molar-refractivity contribution in [3.8, 4) is 11.5 Å². The Morgan fingerprint density at radius 2 is 1.79 bits per heavy atom. The van der Waals surface area contributed by atoms with Crippen LogP contribution in [0, 0.1) is 0 Å². The number of halogens is 1. The summed E-state index contributed by atoms with van der Waals surface area (Å²) in [6.45, 7) is 1.90. The van der Waals surface area contributed by atoms with Crippen LogP contribution in [0.15, 0.2) is 48.8 Å². The number of aromatic nitrogens is 2. The number of carbonyl (C=O) groups is 1. The Kier molecular flexibility index (Phi) is 7.66. The van der Waals surface area contributed by atoms with E-state index in [-0.39, 0.29) is 5.91 Å². The van der Waals surface area contributed by atoms with E-state index in [1.165, 1.54) is 6.33 Å². The molecule has 6 bridgehead atoms. The maximum atomic E-state index is 12.3. The van der Waals surface area contributed by atoms with Gasteiger partial charge in [0.2, 0.25) is 5.91 Å². The van der Waals surface area contributed by atoms with E-state index in [9.17, 15) is 4.79 Å². The van der Waals surface area contributed by atoms with Crippen LogP contribution in [0.5, 0.6) is 11.5 Å². The van der Waals surface area contributed by atoms with Crippen LogP contribution in [0.4, 0.5) is 23.0 Å². The second-order valence-corrected chi connectivity index (χ2v) is 8.30. The molecular formula is C24H27ClN6O3. The van der Waals surface area contributed by atoms with Crippen LogP contribution in [-0.2, 0) is 11.3 Å². The van der Waals surface area contributed by atoms with Gasteiger partial charge in [-0.15, -0.1) is 0 Å². The third-order valence-electron chi connectivity index (χ3n) is 5.26. The molecule has 0 spiro atoms. The molecule has 1 amide bonds. The molecule has 3 aromatic rings. The Morgan fingerprint density at radius 3 is 2.56 bits per heavy atom.